The van der Waals surface area contributed by atoms with Gasteiger partial charge in [-0.2, -0.15) is 0 Å². The van der Waals surface area contributed by atoms with E-state index in [2.05, 4.69) is 10.3 Å². The number of hydrogen-bond acceptors (Lipinski definition) is 3. The summed E-state index contributed by atoms with van der Waals surface area (Å²) in [5, 5.41) is 5.21. The van der Waals surface area contributed by atoms with Gasteiger partial charge in [-0.15, -0.1) is 11.3 Å². The maximum absolute atomic E-state index is 5.95. The molecule has 0 atom stereocenters. The molecule has 2 aromatic rings. The Hall–Kier alpha value is -1.06. The third-order valence-corrected chi connectivity index (χ3v) is 2.99. The van der Waals surface area contributed by atoms with E-state index in [1.54, 1.807) is 6.20 Å². The van der Waals surface area contributed by atoms with Gasteiger partial charge in [-0.25, -0.2) is 0 Å². The van der Waals surface area contributed by atoms with Crippen LogP contribution in [0.5, 0.6) is 0 Å². The average molecular weight is 225 g/mol. The number of pyridine rings is 1. The Morgan fingerprint density at radius 1 is 1.43 bits per heavy atom. The van der Waals surface area contributed by atoms with Gasteiger partial charge in [-0.05, 0) is 23.1 Å². The number of nitrogens with zero attached hydrogens (tertiary/aromatic N) is 1. The Morgan fingerprint density at radius 2 is 2.36 bits per heavy atom. The highest BCUT2D eigenvalue weighted by Crippen LogP contribution is 2.27. The number of anilines is 1. The van der Waals surface area contributed by atoms with Crippen molar-refractivity contribution in [2.45, 2.75) is 6.54 Å². The number of halogens is 1. The summed E-state index contributed by atoms with van der Waals surface area (Å²) < 4.78 is 0.800. The van der Waals surface area contributed by atoms with Crippen molar-refractivity contribution in [2.75, 3.05) is 5.32 Å². The first-order valence-corrected chi connectivity index (χ1v) is 5.48. The van der Waals surface area contributed by atoms with E-state index < -0.39 is 0 Å². The summed E-state index contributed by atoms with van der Waals surface area (Å²) in [7, 11) is 0. The van der Waals surface area contributed by atoms with Crippen LogP contribution in [0.25, 0.3) is 0 Å². The second kappa shape index (κ2) is 4.44. The predicted octanol–water partition coefficient (Wildman–Crippen LogP) is 3.41. The maximum atomic E-state index is 5.95. The second-order valence-electron chi connectivity index (χ2n) is 2.82. The fourth-order valence-electron chi connectivity index (χ4n) is 1.12. The molecular weight excluding hydrogens is 216 g/mol. The van der Waals surface area contributed by atoms with Gasteiger partial charge in [-0.3, -0.25) is 4.98 Å². The molecule has 0 spiro atoms. The van der Waals surface area contributed by atoms with Crippen molar-refractivity contribution in [3.63, 3.8) is 0 Å². The van der Waals surface area contributed by atoms with Crippen molar-refractivity contribution in [3.8, 4) is 0 Å². The normalized spacial score (nSPS) is 10.1. The Morgan fingerprint density at radius 3 is 3.00 bits per heavy atom. The van der Waals surface area contributed by atoms with Gasteiger partial charge in [0.1, 0.15) is 4.34 Å². The molecule has 2 aromatic heterocycles. The quantitative estimate of drug-likeness (QED) is 0.865. The summed E-state index contributed by atoms with van der Waals surface area (Å²) in [6.45, 7) is 0.754. The van der Waals surface area contributed by atoms with Crippen LogP contribution < -0.4 is 5.32 Å². The molecule has 0 aliphatic rings. The molecule has 4 heteroatoms. The molecule has 0 aromatic carbocycles. The lowest BCUT2D eigenvalue weighted by Crippen LogP contribution is -1.98. The van der Waals surface area contributed by atoms with Crippen molar-refractivity contribution >= 4 is 28.6 Å². The van der Waals surface area contributed by atoms with Crippen molar-refractivity contribution in [1.82, 2.24) is 4.98 Å². The summed E-state index contributed by atoms with van der Waals surface area (Å²) in [6.07, 6.45) is 3.61. The van der Waals surface area contributed by atoms with Gasteiger partial charge in [-0.1, -0.05) is 17.7 Å². The zero-order valence-electron chi connectivity index (χ0n) is 7.40. The van der Waals surface area contributed by atoms with Crippen LogP contribution in [-0.4, -0.2) is 4.98 Å². The van der Waals surface area contributed by atoms with Gasteiger partial charge in [0.2, 0.25) is 0 Å². The van der Waals surface area contributed by atoms with Crippen LogP contribution >= 0.6 is 22.9 Å². The molecule has 1 N–H and O–H groups in total. The lowest BCUT2D eigenvalue weighted by atomic mass is 10.3. The van der Waals surface area contributed by atoms with E-state index in [9.17, 15) is 0 Å². The summed E-state index contributed by atoms with van der Waals surface area (Å²) in [5.41, 5.74) is 2.13. The lowest BCUT2D eigenvalue weighted by Gasteiger charge is -2.03. The third-order valence-electron chi connectivity index (χ3n) is 1.82. The van der Waals surface area contributed by atoms with Crippen molar-refractivity contribution in [2.24, 2.45) is 0 Å². The maximum Gasteiger partial charge on any atom is 0.116 e. The second-order valence-corrected chi connectivity index (χ2v) is 4.34. The molecule has 2 rings (SSSR count). The fourth-order valence-corrected chi connectivity index (χ4v) is 1.99. The van der Waals surface area contributed by atoms with Crippen molar-refractivity contribution < 1.29 is 0 Å². The average Bonchev–Trinajstić information content (AvgIpc) is 2.63. The van der Waals surface area contributed by atoms with E-state index in [4.69, 9.17) is 11.6 Å². The largest absolute Gasteiger partial charge is 0.379 e. The Bertz CT molecular complexity index is 400. The standard InChI is InChI=1S/C10H9ClN2S/c11-10-9(3-5-14-10)13-7-8-2-1-4-12-6-8/h1-6,13H,7H2. The van der Waals surface area contributed by atoms with E-state index in [1.165, 1.54) is 11.3 Å². The smallest absolute Gasteiger partial charge is 0.116 e. The molecule has 0 saturated carbocycles. The summed E-state index contributed by atoms with van der Waals surface area (Å²) >= 11 is 7.47. The number of thiophene rings is 1. The Balaban J connectivity index is 1.99. The Kier molecular flexibility index (Phi) is 3.01. The minimum atomic E-state index is 0.754. The minimum Gasteiger partial charge on any atom is -0.379 e. The molecule has 0 aliphatic carbocycles. The van der Waals surface area contributed by atoms with Gasteiger partial charge in [0, 0.05) is 18.9 Å². The molecule has 0 radical (unpaired) electrons. The molecule has 2 nitrogen and oxygen atoms in total. The van der Waals surface area contributed by atoms with Crippen molar-refractivity contribution in [3.05, 3.63) is 45.9 Å². The first-order chi connectivity index (χ1) is 6.86. The van der Waals surface area contributed by atoms with Crippen LogP contribution in [0.15, 0.2) is 36.0 Å². The Labute approximate surface area is 91.6 Å². The minimum absolute atomic E-state index is 0.754. The van der Waals surface area contributed by atoms with Crippen LogP contribution in [0, 0.1) is 0 Å². The highest BCUT2D eigenvalue weighted by Gasteiger charge is 1.99. The number of nitrogens with one attached hydrogen (secondary N) is 1. The van der Waals surface area contributed by atoms with Gasteiger partial charge in [0.25, 0.3) is 0 Å². The molecule has 0 unspecified atom stereocenters. The first-order valence-electron chi connectivity index (χ1n) is 4.22. The molecule has 0 bridgehead atoms. The fraction of sp³-hybridized carbons (Fsp3) is 0.100. The molecule has 0 aliphatic heterocycles. The van der Waals surface area contributed by atoms with E-state index in [1.807, 2.05) is 29.8 Å². The summed E-state index contributed by atoms with van der Waals surface area (Å²) in [6, 6.07) is 5.93. The molecule has 72 valence electrons. The lowest BCUT2D eigenvalue weighted by molar-refractivity contribution is 1.12. The molecule has 14 heavy (non-hydrogen) atoms. The van der Waals surface area contributed by atoms with Crippen LogP contribution in [0.3, 0.4) is 0 Å². The summed E-state index contributed by atoms with van der Waals surface area (Å²) in [4.78, 5) is 4.04. The highest BCUT2D eigenvalue weighted by atomic mass is 35.5. The third kappa shape index (κ3) is 2.25. The van der Waals surface area contributed by atoms with Gasteiger partial charge in [0.15, 0.2) is 0 Å². The van der Waals surface area contributed by atoms with Gasteiger partial charge >= 0.3 is 0 Å². The SMILES string of the molecule is Clc1sccc1NCc1cccnc1. The zero-order valence-corrected chi connectivity index (χ0v) is 8.98. The van der Waals surface area contributed by atoms with Crippen molar-refractivity contribution in [1.29, 1.82) is 0 Å². The van der Waals surface area contributed by atoms with Crippen LogP contribution in [0.2, 0.25) is 4.34 Å². The van der Waals surface area contributed by atoms with Crippen LogP contribution in [0.1, 0.15) is 5.56 Å². The molecule has 0 saturated heterocycles. The predicted molar refractivity (Wildman–Crippen MR) is 60.9 cm³/mol. The first kappa shape index (κ1) is 9.49. The van der Waals surface area contributed by atoms with E-state index in [0.29, 0.717) is 0 Å². The number of hydrogen-bond donors (Lipinski definition) is 1. The van der Waals surface area contributed by atoms with Gasteiger partial charge in [0.05, 0.1) is 5.69 Å². The van der Waals surface area contributed by atoms with Gasteiger partial charge < -0.3 is 5.32 Å². The van der Waals surface area contributed by atoms with E-state index in [-0.39, 0.29) is 0 Å². The van der Waals surface area contributed by atoms with E-state index >= 15 is 0 Å². The van der Waals surface area contributed by atoms with E-state index in [0.717, 1.165) is 22.1 Å². The molecule has 0 fully saturated rings. The zero-order chi connectivity index (χ0) is 9.80. The topological polar surface area (TPSA) is 24.9 Å². The number of aromatic nitrogens is 1. The van der Waals surface area contributed by atoms with Crippen LogP contribution in [-0.2, 0) is 6.54 Å². The molecular formula is C10H9ClN2S. The highest BCUT2D eigenvalue weighted by molar-refractivity contribution is 7.15. The molecule has 2 heterocycles. The molecule has 0 amide bonds. The monoisotopic (exact) mass is 224 g/mol. The number of rotatable bonds is 3. The van der Waals surface area contributed by atoms with Crippen LogP contribution in [0.4, 0.5) is 5.69 Å². The summed E-state index contributed by atoms with van der Waals surface area (Å²) in [5.74, 6) is 0.